The van der Waals surface area contributed by atoms with Crippen LogP contribution in [0, 0.1) is 0 Å². The summed E-state index contributed by atoms with van der Waals surface area (Å²) in [6, 6.07) is 12.6. The number of carbonyl (C=O) groups excluding carboxylic acids is 1. The SMILES string of the molecule is CCN(CC)S(=O)(=O)c1ccc(NC(=O)Cn2nnc3ccccc3c2=O)cc1. The van der Waals surface area contributed by atoms with Crippen molar-refractivity contribution in [1.29, 1.82) is 0 Å². The third-order valence-corrected chi connectivity index (χ3v) is 6.47. The number of nitrogens with zero attached hydrogens (tertiary/aromatic N) is 4. The van der Waals surface area contributed by atoms with E-state index in [4.69, 9.17) is 0 Å². The van der Waals surface area contributed by atoms with Gasteiger partial charge in [0.2, 0.25) is 15.9 Å². The first-order valence-electron chi connectivity index (χ1n) is 9.09. The topological polar surface area (TPSA) is 114 Å². The molecule has 9 nitrogen and oxygen atoms in total. The van der Waals surface area contributed by atoms with Crippen molar-refractivity contribution in [3.8, 4) is 0 Å². The molecule has 0 atom stereocenters. The van der Waals surface area contributed by atoms with E-state index in [1.54, 1.807) is 38.1 Å². The van der Waals surface area contributed by atoms with Crippen LogP contribution in [0.15, 0.2) is 58.2 Å². The molecular formula is C19H21N5O4S. The molecule has 0 saturated carbocycles. The second kappa shape index (κ2) is 8.50. The lowest BCUT2D eigenvalue weighted by Crippen LogP contribution is -2.31. The van der Waals surface area contributed by atoms with E-state index in [0.29, 0.717) is 29.7 Å². The molecule has 3 rings (SSSR count). The van der Waals surface area contributed by atoms with Crippen LogP contribution in [0.4, 0.5) is 5.69 Å². The monoisotopic (exact) mass is 415 g/mol. The van der Waals surface area contributed by atoms with Gasteiger partial charge in [-0.3, -0.25) is 9.59 Å². The predicted octanol–water partition coefficient (Wildman–Crippen LogP) is 1.46. The van der Waals surface area contributed by atoms with E-state index in [2.05, 4.69) is 15.6 Å². The van der Waals surface area contributed by atoms with E-state index in [9.17, 15) is 18.0 Å². The highest BCUT2D eigenvalue weighted by Crippen LogP contribution is 2.18. The second-order valence-corrected chi connectivity index (χ2v) is 8.17. The molecule has 3 aromatic rings. The van der Waals surface area contributed by atoms with Crippen molar-refractivity contribution in [2.24, 2.45) is 0 Å². The minimum atomic E-state index is -3.56. The number of aromatic nitrogens is 3. The standard InChI is InChI=1S/C19H21N5O4S/c1-3-23(4-2)29(27,28)15-11-9-14(10-12-15)20-18(25)13-24-19(26)16-7-5-6-8-17(16)21-22-24/h5-12H,3-4,13H2,1-2H3,(H,20,25). The average molecular weight is 415 g/mol. The fourth-order valence-corrected chi connectivity index (χ4v) is 4.34. The van der Waals surface area contributed by atoms with Crippen molar-refractivity contribution in [1.82, 2.24) is 19.3 Å². The number of benzene rings is 2. The lowest BCUT2D eigenvalue weighted by molar-refractivity contribution is -0.117. The van der Waals surface area contributed by atoms with Crippen LogP contribution in [-0.2, 0) is 21.4 Å². The number of hydrogen-bond acceptors (Lipinski definition) is 6. The Hall–Kier alpha value is -3.11. The summed E-state index contributed by atoms with van der Waals surface area (Å²) in [5.41, 5.74) is 0.459. The minimum absolute atomic E-state index is 0.149. The van der Waals surface area contributed by atoms with Crippen LogP contribution in [0.1, 0.15) is 13.8 Å². The predicted molar refractivity (Wildman–Crippen MR) is 109 cm³/mol. The minimum Gasteiger partial charge on any atom is -0.324 e. The van der Waals surface area contributed by atoms with Gasteiger partial charge in [0.05, 0.1) is 10.3 Å². The molecule has 1 aromatic heterocycles. The van der Waals surface area contributed by atoms with Crippen molar-refractivity contribution in [3.63, 3.8) is 0 Å². The Morgan fingerprint density at radius 1 is 1.07 bits per heavy atom. The summed E-state index contributed by atoms with van der Waals surface area (Å²) in [5, 5.41) is 10.7. The van der Waals surface area contributed by atoms with Crippen LogP contribution in [0.5, 0.6) is 0 Å². The van der Waals surface area contributed by atoms with Crippen LogP contribution in [0.2, 0.25) is 0 Å². The largest absolute Gasteiger partial charge is 0.324 e. The van der Waals surface area contributed by atoms with Crippen LogP contribution >= 0.6 is 0 Å². The van der Waals surface area contributed by atoms with E-state index >= 15 is 0 Å². The average Bonchev–Trinajstić information content (AvgIpc) is 2.71. The lowest BCUT2D eigenvalue weighted by Gasteiger charge is -2.18. The van der Waals surface area contributed by atoms with Crippen LogP contribution in [0.25, 0.3) is 10.9 Å². The van der Waals surface area contributed by atoms with Gasteiger partial charge in [0.1, 0.15) is 12.1 Å². The summed E-state index contributed by atoms with van der Waals surface area (Å²) in [7, 11) is -3.56. The number of fused-ring (bicyclic) bond motifs is 1. The zero-order valence-corrected chi connectivity index (χ0v) is 16.9. The fraction of sp³-hybridized carbons (Fsp3) is 0.263. The van der Waals surface area contributed by atoms with Gasteiger partial charge >= 0.3 is 0 Å². The summed E-state index contributed by atoms with van der Waals surface area (Å²) in [6.07, 6.45) is 0. The van der Waals surface area contributed by atoms with Crippen LogP contribution in [-0.4, -0.2) is 46.7 Å². The molecule has 0 unspecified atom stereocenters. The third kappa shape index (κ3) is 4.33. The molecule has 0 aliphatic heterocycles. The molecule has 152 valence electrons. The Labute approximate surface area is 168 Å². The van der Waals surface area contributed by atoms with E-state index in [1.807, 2.05) is 0 Å². The second-order valence-electron chi connectivity index (χ2n) is 6.23. The summed E-state index contributed by atoms with van der Waals surface area (Å²) >= 11 is 0. The molecule has 0 aliphatic carbocycles. The summed E-state index contributed by atoms with van der Waals surface area (Å²) in [4.78, 5) is 24.8. The highest BCUT2D eigenvalue weighted by molar-refractivity contribution is 7.89. The van der Waals surface area contributed by atoms with Gasteiger partial charge in [-0.25, -0.2) is 13.1 Å². The van der Waals surface area contributed by atoms with E-state index in [1.165, 1.54) is 28.6 Å². The maximum absolute atomic E-state index is 12.5. The molecule has 0 fully saturated rings. The first-order chi connectivity index (χ1) is 13.9. The van der Waals surface area contributed by atoms with Crippen molar-refractivity contribution in [2.75, 3.05) is 18.4 Å². The zero-order valence-electron chi connectivity index (χ0n) is 16.1. The number of hydrogen-bond donors (Lipinski definition) is 1. The highest BCUT2D eigenvalue weighted by Gasteiger charge is 2.21. The molecule has 0 saturated heterocycles. The number of nitrogens with one attached hydrogen (secondary N) is 1. The Morgan fingerprint density at radius 3 is 2.38 bits per heavy atom. The molecule has 2 aromatic carbocycles. The third-order valence-electron chi connectivity index (χ3n) is 4.40. The van der Waals surface area contributed by atoms with Gasteiger partial charge in [0, 0.05) is 18.8 Å². The number of amides is 1. The van der Waals surface area contributed by atoms with Crippen molar-refractivity contribution < 1.29 is 13.2 Å². The Kier molecular flexibility index (Phi) is 6.04. The number of anilines is 1. The van der Waals surface area contributed by atoms with E-state index < -0.39 is 21.5 Å². The van der Waals surface area contributed by atoms with E-state index in [-0.39, 0.29) is 11.4 Å². The Morgan fingerprint density at radius 2 is 1.72 bits per heavy atom. The summed E-state index contributed by atoms with van der Waals surface area (Å²) < 4.78 is 27.3. The van der Waals surface area contributed by atoms with Crippen molar-refractivity contribution >= 4 is 32.5 Å². The van der Waals surface area contributed by atoms with Gasteiger partial charge in [-0.2, -0.15) is 4.31 Å². The van der Waals surface area contributed by atoms with Gasteiger partial charge in [-0.05, 0) is 36.4 Å². The van der Waals surface area contributed by atoms with Gasteiger partial charge in [0.15, 0.2) is 0 Å². The molecule has 29 heavy (non-hydrogen) atoms. The first kappa shape index (κ1) is 20.6. The van der Waals surface area contributed by atoms with Crippen molar-refractivity contribution in [2.45, 2.75) is 25.3 Å². The van der Waals surface area contributed by atoms with Gasteiger partial charge < -0.3 is 5.32 Å². The lowest BCUT2D eigenvalue weighted by atomic mass is 10.2. The first-order valence-corrected chi connectivity index (χ1v) is 10.5. The number of sulfonamides is 1. The molecular weight excluding hydrogens is 394 g/mol. The molecule has 0 bridgehead atoms. The molecule has 1 heterocycles. The fourth-order valence-electron chi connectivity index (χ4n) is 2.89. The Balaban J connectivity index is 1.73. The molecule has 0 aliphatic rings. The molecule has 1 N–H and O–H groups in total. The number of carbonyl (C=O) groups is 1. The zero-order chi connectivity index (χ0) is 21.0. The molecule has 10 heteroatoms. The molecule has 0 spiro atoms. The summed E-state index contributed by atoms with van der Waals surface area (Å²) in [5.74, 6) is -0.476. The van der Waals surface area contributed by atoms with Crippen molar-refractivity contribution in [3.05, 3.63) is 58.9 Å². The quantitative estimate of drug-likeness (QED) is 0.625. The Bertz CT molecular complexity index is 1190. The van der Waals surface area contributed by atoms with Crippen LogP contribution < -0.4 is 10.9 Å². The molecule has 0 radical (unpaired) electrons. The van der Waals surface area contributed by atoms with E-state index in [0.717, 1.165) is 4.68 Å². The maximum Gasteiger partial charge on any atom is 0.278 e. The molecule has 1 amide bonds. The number of rotatable bonds is 7. The van der Waals surface area contributed by atoms with Gasteiger partial charge in [0.25, 0.3) is 5.56 Å². The normalized spacial score (nSPS) is 11.7. The smallest absolute Gasteiger partial charge is 0.278 e. The highest BCUT2D eigenvalue weighted by atomic mass is 32.2. The van der Waals surface area contributed by atoms with Crippen LogP contribution in [0.3, 0.4) is 0 Å². The van der Waals surface area contributed by atoms with Gasteiger partial charge in [-0.1, -0.05) is 31.2 Å². The summed E-state index contributed by atoms with van der Waals surface area (Å²) in [6.45, 7) is 3.98. The maximum atomic E-state index is 12.5. The van der Waals surface area contributed by atoms with Gasteiger partial charge in [-0.15, -0.1) is 5.10 Å².